The van der Waals surface area contributed by atoms with E-state index < -0.39 is 22.9 Å². The minimum absolute atomic E-state index is 0.00444. The van der Waals surface area contributed by atoms with Crippen LogP contribution in [0.2, 0.25) is 0 Å². The molecule has 7 nitrogen and oxygen atoms in total. The highest BCUT2D eigenvalue weighted by Crippen LogP contribution is 2.28. The van der Waals surface area contributed by atoms with E-state index in [9.17, 15) is 28.1 Å². The van der Waals surface area contributed by atoms with Crippen LogP contribution < -0.4 is 14.8 Å². The van der Waals surface area contributed by atoms with Gasteiger partial charge in [-0.05, 0) is 36.4 Å². The Labute approximate surface area is 139 Å². The van der Waals surface area contributed by atoms with Crippen LogP contribution in [0.3, 0.4) is 0 Å². The lowest BCUT2D eigenvalue weighted by Crippen LogP contribution is -2.17. The fourth-order valence-electron chi connectivity index (χ4n) is 1.92. The number of nitrogens with one attached hydrogen (secondary N) is 1. The third-order valence-corrected chi connectivity index (χ3v) is 2.98. The maximum Gasteiger partial charge on any atom is 0.573 e. The summed E-state index contributed by atoms with van der Waals surface area (Å²) in [5.74, 6) is -1.11. The number of amides is 1. The van der Waals surface area contributed by atoms with Gasteiger partial charge in [0, 0.05) is 17.3 Å². The highest BCUT2D eigenvalue weighted by atomic mass is 19.4. The number of methoxy groups -OCH3 is 1. The summed E-state index contributed by atoms with van der Waals surface area (Å²) in [6.07, 6.45) is -4.81. The van der Waals surface area contributed by atoms with Crippen LogP contribution in [0.5, 0.6) is 11.5 Å². The highest BCUT2D eigenvalue weighted by molar-refractivity contribution is 6.04. The molecule has 2 aromatic carbocycles. The Hall–Kier alpha value is -3.30. The number of ether oxygens (including phenoxy) is 2. The number of nitro groups is 1. The van der Waals surface area contributed by atoms with E-state index in [4.69, 9.17) is 4.74 Å². The van der Waals surface area contributed by atoms with Gasteiger partial charge in [0.05, 0.1) is 12.0 Å². The van der Waals surface area contributed by atoms with Crippen LogP contribution in [0.1, 0.15) is 10.4 Å². The van der Waals surface area contributed by atoms with Crippen molar-refractivity contribution in [2.24, 2.45) is 0 Å². The second-order valence-electron chi connectivity index (χ2n) is 4.67. The Bertz CT molecular complexity index is 791. The number of carbonyl (C=O) groups is 1. The Balaban J connectivity index is 2.14. The Morgan fingerprint density at radius 2 is 1.80 bits per heavy atom. The number of nitro benzene ring substituents is 1. The van der Waals surface area contributed by atoms with Gasteiger partial charge in [-0.2, -0.15) is 0 Å². The maximum absolute atomic E-state index is 12.1. The third-order valence-electron chi connectivity index (χ3n) is 2.98. The van der Waals surface area contributed by atoms with Gasteiger partial charge in [-0.3, -0.25) is 14.9 Å². The first-order valence-corrected chi connectivity index (χ1v) is 6.69. The first-order valence-electron chi connectivity index (χ1n) is 6.69. The number of hydrogen-bond donors (Lipinski definition) is 1. The minimum atomic E-state index is -4.81. The fraction of sp³-hybridized carbons (Fsp3) is 0.133. The summed E-state index contributed by atoms with van der Waals surface area (Å²) >= 11 is 0. The molecular weight excluding hydrogens is 345 g/mol. The lowest BCUT2D eigenvalue weighted by molar-refractivity contribution is -0.385. The van der Waals surface area contributed by atoms with Gasteiger partial charge in [-0.15, -0.1) is 13.2 Å². The first kappa shape index (κ1) is 18.0. The molecule has 25 heavy (non-hydrogen) atoms. The lowest BCUT2D eigenvalue weighted by atomic mass is 10.1. The van der Waals surface area contributed by atoms with Crippen LogP contribution in [-0.2, 0) is 0 Å². The molecule has 2 aromatic rings. The average molecular weight is 356 g/mol. The Morgan fingerprint density at radius 3 is 2.32 bits per heavy atom. The molecule has 0 saturated carbocycles. The lowest BCUT2D eigenvalue weighted by Gasteiger charge is -2.10. The van der Waals surface area contributed by atoms with E-state index >= 15 is 0 Å². The van der Waals surface area contributed by atoms with Crippen molar-refractivity contribution in [1.82, 2.24) is 0 Å². The molecular formula is C15H11F3N2O5. The molecule has 0 fully saturated rings. The number of carbonyl (C=O) groups excluding carboxylic acids is 1. The summed E-state index contributed by atoms with van der Waals surface area (Å²) in [6.45, 7) is 0. The topological polar surface area (TPSA) is 90.7 Å². The van der Waals surface area contributed by atoms with Crippen LogP contribution in [0.15, 0.2) is 42.5 Å². The zero-order valence-electron chi connectivity index (χ0n) is 12.7. The molecule has 0 atom stereocenters. The van der Waals surface area contributed by atoms with Gasteiger partial charge in [0.1, 0.15) is 5.75 Å². The summed E-state index contributed by atoms with van der Waals surface area (Å²) < 4.78 is 44.8. The molecule has 1 amide bonds. The second kappa shape index (κ2) is 7.07. The Morgan fingerprint density at radius 1 is 1.16 bits per heavy atom. The van der Waals surface area contributed by atoms with Crippen LogP contribution in [0.25, 0.3) is 0 Å². The van der Waals surface area contributed by atoms with Crippen LogP contribution in [-0.4, -0.2) is 24.3 Å². The molecule has 0 spiro atoms. The number of anilines is 1. The van der Waals surface area contributed by atoms with Crippen molar-refractivity contribution in [3.8, 4) is 11.5 Å². The van der Waals surface area contributed by atoms with Gasteiger partial charge in [-0.25, -0.2) is 0 Å². The number of halogens is 3. The zero-order valence-corrected chi connectivity index (χ0v) is 12.7. The minimum Gasteiger partial charge on any atom is -0.490 e. The van der Waals surface area contributed by atoms with Gasteiger partial charge in [0.15, 0.2) is 5.75 Å². The summed E-state index contributed by atoms with van der Waals surface area (Å²) in [5, 5.41) is 13.4. The second-order valence-corrected chi connectivity index (χ2v) is 4.67. The smallest absolute Gasteiger partial charge is 0.490 e. The standard InChI is InChI=1S/C15H11F3N2O5/c1-24-13-7-2-9(8-12(13)20(22)23)14(21)19-10-3-5-11(6-4-10)25-15(16,17)18/h2-8H,1H3,(H,19,21). The zero-order chi connectivity index (χ0) is 18.6. The fourth-order valence-corrected chi connectivity index (χ4v) is 1.92. The summed E-state index contributed by atoms with van der Waals surface area (Å²) in [6, 6.07) is 8.10. The van der Waals surface area contributed by atoms with Crippen molar-refractivity contribution in [2.45, 2.75) is 6.36 Å². The summed E-state index contributed by atoms with van der Waals surface area (Å²) in [5.41, 5.74) is -0.204. The average Bonchev–Trinajstić information content (AvgIpc) is 2.54. The molecule has 0 aliphatic carbocycles. The van der Waals surface area contributed by atoms with Crippen molar-refractivity contribution in [3.63, 3.8) is 0 Å². The van der Waals surface area contributed by atoms with Crippen molar-refractivity contribution >= 4 is 17.3 Å². The maximum atomic E-state index is 12.1. The molecule has 0 saturated heterocycles. The first-order chi connectivity index (χ1) is 11.7. The molecule has 0 aromatic heterocycles. The van der Waals surface area contributed by atoms with E-state index in [2.05, 4.69) is 10.1 Å². The molecule has 0 heterocycles. The van der Waals surface area contributed by atoms with Crippen LogP contribution in [0, 0.1) is 10.1 Å². The van der Waals surface area contributed by atoms with Gasteiger partial charge in [-0.1, -0.05) is 0 Å². The molecule has 2 rings (SSSR count). The van der Waals surface area contributed by atoms with E-state index in [-0.39, 0.29) is 22.7 Å². The van der Waals surface area contributed by atoms with Crippen LogP contribution in [0.4, 0.5) is 24.5 Å². The molecule has 1 N–H and O–H groups in total. The van der Waals surface area contributed by atoms with Crippen LogP contribution >= 0.6 is 0 Å². The van der Waals surface area contributed by atoms with E-state index in [0.29, 0.717) is 0 Å². The summed E-state index contributed by atoms with van der Waals surface area (Å²) in [4.78, 5) is 22.4. The van der Waals surface area contributed by atoms with Gasteiger partial charge in [0.25, 0.3) is 5.91 Å². The van der Waals surface area contributed by atoms with E-state index in [1.165, 1.54) is 31.4 Å². The van der Waals surface area contributed by atoms with Crippen molar-refractivity contribution in [3.05, 3.63) is 58.1 Å². The largest absolute Gasteiger partial charge is 0.573 e. The quantitative estimate of drug-likeness (QED) is 0.651. The molecule has 0 aliphatic heterocycles. The number of benzene rings is 2. The van der Waals surface area contributed by atoms with Gasteiger partial charge in [0.2, 0.25) is 0 Å². The van der Waals surface area contributed by atoms with Gasteiger partial charge >= 0.3 is 12.0 Å². The molecule has 10 heteroatoms. The number of rotatable bonds is 5. The predicted octanol–water partition coefficient (Wildman–Crippen LogP) is 3.75. The third kappa shape index (κ3) is 4.83. The summed E-state index contributed by atoms with van der Waals surface area (Å²) in [7, 11) is 1.26. The van der Waals surface area contributed by atoms with Crippen molar-refractivity contribution in [2.75, 3.05) is 12.4 Å². The van der Waals surface area contributed by atoms with Gasteiger partial charge < -0.3 is 14.8 Å². The van der Waals surface area contributed by atoms with E-state index in [1.54, 1.807) is 0 Å². The highest BCUT2D eigenvalue weighted by Gasteiger charge is 2.31. The molecule has 0 bridgehead atoms. The Kier molecular flexibility index (Phi) is 5.11. The van der Waals surface area contributed by atoms with Crippen molar-refractivity contribution in [1.29, 1.82) is 0 Å². The molecule has 132 valence electrons. The number of hydrogen-bond acceptors (Lipinski definition) is 5. The predicted molar refractivity (Wildman–Crippen MR) is 80.7 cm³/mol. The SMILES string of the molecule is COc1ccc(C(=O)Nc2ccc(OC(F)(F)F)cc2)cc1[N+](=O)[O-]. The number of alkyl halides is 3. The van der Waals surface area contributed by atoms with Crippen molar-refractivity contribution < 1.29 is 32.4 Å². The molecule has 0 radical (unpaired) electrons. The normalized spacial score (nSPS) is 10.9. The monoisotopic (exact) mass is 356 g/mol. The molecule has 0 unspecified atom stereocenters. The number of nitrogens with zero attached hydrogens (tertiary/aromatic N) is 1. The van der Waals surface area contributed by atoms with E-state index in [0.717, 1.165) is 18.2 Å². The molecule has 0 aliphatic rings. The van der Waals surface area contributed by atoms with E-state index in [1.807, 2.05) is 0 Å².